The Morgan fingerprint density at radius 3 is 2.32 bits per heavy atom. The number of pyridine rings is 1. The summed E-state index contributed by atoms with van der Waals surface area (Å²) in [5.41, 5.74) is 3.19. The number of nitrogens with one attached hydrogen (secondary N) is 1. The first-order valence-electron chi connectivity index (χ1n) is 12.7. The van der Waals surface area contributed by atoms with Crippen LogP contribution in [-0.2, 0) is 30.7 Å². The maximum absolute atomic E-state index is 13.8. The summed E-state index contributed by atoms with van der Waals surface area (Å²) in [6.07, 6.45) is 1.11. The minimum atomic E-state index is -4.45. The number of nitrogens with zero attached hydrogens (tertiary/aromatic N) is 3. The number of carbonyl (C=O) groups is 2. The number of ether oxygens (including phenoxy) is 2. The van der Waals surface area contributed by atoms with Crippen LogP contribution in [0.4, 0.5) is 4.79 Å². The number of hydrogen-bond acceptors (Lipinski definition) is 8. The first-order valence-corrected chi connectivity index (χ1v) is 14.1. The number of esters is 1. The van der Waals surface area contributed by atoms with Gasteiger partial charge in [0.15, 0.2) is 0 Å². The first-order chi connectivity index (χ1) is 17.9. The number of hydrogen-bond donors (Lipinski definition) is 1. The molecule has 3 rings (SSSR count). The highest BCUT2D eigenvalue weighted by atomic mass is 32.2. The zero-order chi connectivity index (χ0) is 28.0. The van der Waals surface area contributed by atoms with Gasteiger partial charge in [0.2, 0.25) is 0 Å². The van der Waals surface area contributed by atoms with Crippen molar-refractivity contribution in [3.63, 3.8) is 0 Å². The Balaban J connectivity index is 1.96. The van der Waals surface area contributed by atoms with Gasteiger partial charge in [-0.2, -0.15) is 4.31 Å². The quantitative estimate of drug-likeness (QED) is 0.346. The van der Waals surface area contributed by atoms with Gasteiger partial charge < -0.3 is 14.5 Å². The van der Waals surface area contributed by atoms with Crippen LogP contribution in [0.1, 0.15) is 58.1 Å². The number of imidazole rings is 1. The molecule has 0 aliphatic carbocycles. The lowest BCUT2D eigenvalue weighted by molar-refractivity contribution is -0.148. The topological polar surface area (TPSA) is 132 Å². The summed E-state index contributed by atoms with van der Waals surface area (Å²) in [5.74, 6) is -0.136. The zero-order valence-corrected chi connectivity index (χ0v) is 23.5. The van der Waals surface area contributed by atoms with E-state index in [0.29, 0.717) is 10.7 Å². The summed E-state index contributed by atoms with van der Waals surface area (Å²) in [4.78, 5) is 38.0. The Bertz CT molecular complexity index is 1370. The fourth-order valence-corrected chi connectivity index (χ4v) is 5.46. The summed E-state index contributed by atoms with van der Waals surface area (Å²) in [7, 11) is -4.45. The van der Waals surface area contributed by atoms with Crippen molar-refractivity contribution >= 4 is 33.1 Å². The molecular formula is C27H36N4O6S. The van der Waals surface area contributed by atoms with E-state index in [2.05, 4.69) is 15.0 Å². The average molecular weight is 545 g/mol. The zero-order valence-electron chi connectivity index (χ0n) is 22.7. The summed E-state index contributed by atoms with van der Waals surface area (Å²) < 4.78 is 38.6. The molecule has 1 atom stereocenters. The lowest BCUT2D eigenvalue weighted by Crippen LogP contribution is -2.50. The average Bonchev–Trinajstić information content (AvgIpc) is 3.23. The van der Waals surface area contributed by atoms with E-state index in [0.717, 1.165) is 28.1 Å². The van der Waals surface area contributed by atoms with Crippen molar-refractivity contribution in [1.29, 1.82) is 0 Å². The second-order valence-corrected chi connectivity index (χ2v) is 11.8. The fraction of sp³-hybridized carbons (Fsp3) is 0.481. The smallest absolute Gasteiger partial charge is 0.424 e. The molecule has 1 N–H and O–H groups in total. The predicted octanol–water partition coefficient (Wildman–Crippen LogP) is 4.62. The van der Waals surface area contributed by atoms with Crippen molar-refractivity contribution in [2.75, 3.05) is 13.2 Å². The third kappa shape index (κ3) is 6.89. The van der Waals surface area contributed by atoms with Crippen LogP contribution in [0.2, 0.25) is 0 Å². The number of sulfonamides is 1. The lowest BCUT2D eigenvalue weighted by Gasteiger charge is -2.30. The fourth-order valence-electron chi connectivity index (χ4n) is 4.00. The molecule has 0 aliphatic rings. The largest absolute Gasteiger partial charge is 0.464 e. The van der Waals surface area contributed by atoms with Crippen LogP contribution >= 0.6 is 0 Å². The van der Waals surface area contributed by atoms with Crippen LogP contribution in [0.5, 0.6) is 0 Å². The highest BCUT2D eigenvalue weighted by molar-refractivity contribution is 7.89. The van der Waals surface area contributed by atoms with Crippen molar-refractivity contribution in [2.24, 2.45) is 11.8 Å². The molecule has 0 radical (unpaired) electrons. The maximum Gasteiger partial charge on any atom is 0.424 e. The number of aromatic amines is 1. The second-order valence-electron chi connectivity index (χ2n) is 9.97. The van der Waals surface area contributed by atoms with Gasteiger partial charge >= 0.3 is 12.1 Å². The number of benzene rings is 1. The van der Waals surface area contributed by atoms with Crippen molar-refractivity contribution in [3.8, 4) is 0 Å². The normalized spacial score (nSPS) is 12.6. The van der Waals surface area contributed by atoms with Crippen LogP contribution in [0, 0.1) is 18.8 Å². The molecule has 1 aromatic carbocycles. The summed E-state index contributed by atoms with van der Waals surface area (Å²) in [6, 6.07) is 6.64. The molecule has 0 bridgehead atoms. The van der Waals surface area contributed by atoms with Gasteiger partial charge in [-0.05, 0) is 55.9 Å². The minimum absolute atomic E-state index is 0.00618. The molecule has 0 aliphatic heterocycles. The van der Waals surface area contributed by atoms with Gasteiger partial charge in [0, 0.05) is 12.6 Å². The highest BCUT2D eigenvalue weighted by Crippen LogP contribution is 2.26. The molecule has 10 nitrogen and oxygen atoms in total. The van der Waals surface area contributed by atoms with Crippen LogP contribution in [0.3, 0.4) is 0 Å². The molecule has 0 spiro atoms. The van der Waals surface area contributed by atoms with E-state index in [-0.39, 0.29) is 36.4 Å². The van der Waals surface area contributed by atoms with Gasteiger partial charge in [0.05, 0.1) is 29.3 Å². The maximum atomic E-state index is 13.8. The first kappa shape index (κ1) is 29.1. The number of amides is 1. The highest BCUT2D eigenvalue weighted by Gasteiger charge is 2.42. The van der Waals surface area contributed by atoms with Gasteiger partial charge in [0.1, 0.15) is 17.4 Å². The molecule has 38 heavy (non-hydrogen) atoms. The van der Waals surface area contributed by atoms with Gasteiger partial charge in [-0.1, -0.05) is 39.8 Å². The third-order valence-corrected chi connectivity index (χ3v) is 7.49. The van der Waals surface area contributed by atoms with Gasteiger partial charge in [-0.15, -0.1) is 0 Å². The third-order valence-electron chi connectivity index (χ3n) is 5.70. The van der Waals surface area contributed by atoms with Crippen LogP contribution in [0.15, 0.2) is 41.4 Å². The van der Waals surface area contributed by atoms with Crippen molar-refractivity contribution in [1.82, 2.24) is 19.3 Å². The van der Waals surface area contributed by atoms with Gasteiger partial charge in [-0.25, -0.2) is 23.0 Å². The van der Waals surface area contributed by atoms with Crippen molar-refractivity contribution in [3.05, 3.63) is 53.6 Å². The Morgan fingerprint density at radius 1 is 1.03 bits per heavy atom. The van der Waals surface area contributed by atoms with E-state index in [1.54, 1.807) is 25.3 Å². The molecule has 3 aromatic rings. The number of aryl methyl sites for hydroxylation is 1. The van der Waals surface area contributed by atoms with Crippen LogP contribution < -0.4 is 0 Å². The van der Waals surface area contributed by atoms with E-state index in [1.807, 2.05) is 40.7 Å². The molecule has 2 aromatic heterocycles. The van der Waals surface area contributed by atoms with E-state index in [4.69, 9.17) is 9.47 Å². The summed E-state index contributed by atoms with van der Waals surface area (Å²) in [6.45, 7) is 10.9. The monoisotopic (exact) mass is 544 g/mol. The number of aromatic nitrogens is 3. The SMILES string of the molecule is CCOC(=O)[C@H](CC(C)C)N(C(=O)OCC(C)C)S(=O)(=O)c1ccc(Cc2nccc3[nH]c(C)nc23)cc1. The molecule has 0 saturated heterocycles. The lowest BCUT2D eigenvalue weighted by atomic mass is 10.0. The minimum Gasteiger partial charge on any atom is -0.464 e. The Morgan fingerprint density at radius 2 is 1.71 bits per heavy atom. The molecule has 1 amide bonds. The molecule has 2 heterocycles. The molecule has 11 heteroatoms. The van der Waals surface area contributed by atoms with Crippen molar-refractivity contribution in [2.45, 2.75) is 65.3 Å². The molecule has 0 unspecified atom stereocenters. The Hall–Kier alpha value is -3.47. The Labute approximate surface area is 223 Å². The number of rotatable bonds is 11. The molecule has 206 valence electrons. The molecule has 0 saturated carbocycles. The standard InChI is InChI=1S/C27H36N4O6S/c1-7-36-26(32)24(14-17(2)3)31(27(33)37-16-18(4)5)38(34,35)21-10-8-20(9-11-21)15-23-25-22(12-13-28-23)29-19(6)30-25/h8-13,17-18,24H,7,14-16H2,1-6H3,(H,29,30)/t24-/m0/s1. The second kappa shape index (κ2) is 12.4. The summed E-state index contributed by atoms with van der Waals surface area (Å²) in [5, 5.41) is 0. The van der Waals surface area contributed by atoms with E-state index >= 15 is 0 Å². The summed E-state index contributed by atoms with van der Waals surface area (Å²) >= 11 is 0. The van der Waals surface area contributed by atoms with Crippen LogP contribution in [-0.4, -0.2) is 59.0 Å². The van der Waals surface area contributed by atoms with Gasteiger partial charge in [-0.3, -0.25) is 4.98 Å². The van der Waals surface area contributed by atoms with E-state index in [1.165, 1.54) is 12.1 Å². The number of carbonyl (C=O) groups excluding carboxylic acids is 2. The molecular weight excluding hydrogens is 508 g/mol. The number of H-pyrrole nitrogens is 1. The van der Waals surface area contributed by atoms with E-state index in [9.17, 15) is 18.0 Å². The molecule has 0 fully saturated rings. The van der Waals surface area contributed by atoms with E-state index < -0.39 is 28.1 Å². The predicted molar refractivity (Wildman–Crippen MR) is 143 cm³/mol. The van der Waals surface area contributed by atoms with Gasteiger partial charge in [0.25, 0.3) is 10.0 Å². The number of fused-ring (bicyclic) bond motifs is 1. The van der Waals surface area contributed by atoms with Crippen LogP contribution in [0.25, 0.3) is 11.0 Å². The van der Waals surface area contributed by atoms with Crippen molar-refractivity contribution < 1.29 is 27.5 Å². The Kier molecular flexibility index (Phi) is 9.48.